The van der Waals surface area contributed by atoms with Crippen molar-refractivity contribution in [1.82, 2.24) is 19.9 Å². The molecule has 1 saturated heterocycles. The number of morpholine rings is 1. The molecule has 9 heteroatoms. The fourth-order valence-corrected chi connectivity index (χ4v) is 3.08. The van der Waals surface area contributed by atoms with Crippen molar-refractivity contribution in [1.29, 1.82) is 0 Å². The van der Waals surface area contributed by atoms with Crippen molar-refractivity contribution in [2.24, 2.45) is 10.7 Å². The van der Waals surface area contributed by atoms with Crippen molar-refractivity contribution in [3.05, 3.63) is 42.1 Å². The fourth-order valence-electron chi connectivity index (χ4n) is 3.08. The van der Waals surface area contributed by atoms with Crippen molar-refractivity contribution >= 4 is 23.3 Å². The van der Waals surface area contributed by atoms with Gasteiger partial charge >= 0.3 is 0 Å². The molecule has 4 rings (SSSR count). The van der Waals surface area contributed by atoms with Gasteiger partial charge in [0.2, 0.25) is 11.9 Å². The molecule has 0 amide bonds. The lowest BCUT2D eigenvalue weighted by molar-refractivity contribution is 0.122. The lowest BCUT2D eigenvalue weighted by Crippen LogP contribution is -2.37. The van der Waals surface area contributed by atoms with E-state index in [1.54, 1.807) is 12.4 Å². The third-order valence-electron chi connectivity index (χ3n) is 4.66. The number of amidine groups is 1. The van der Waals surface area contributed by atoms with E-state index in [1.165, 1.54) is 0 Å². The van der Waals surface area contributed by atoms with Crippen molar-refractivity contribution in [2.45, 2.75) is 19.3 Å². The molecule has 9 nitrogen and oxygen atoms in total. The zero-order valence-electron chi connectivity index (χ0n) is 15.7. The Labute approximate surface area is 163 Å². The first kappa shape index (κ1) is 18.3. The maximum absolute atomic E-state index is 5.79. The Bertz CT molecular complexity index is 861. The van der Waals surface area contributed by atoms with Crippen LogP contribution in [0.3, 0.4) is 0 Å². The highest BCUT2D eigenvalue weighted by molar-refractivity contribution is 5.85. The Morgan fingerprint density at radius 1 is 1.14 bits per heavy atom. The second-order valence-electron chi connectivity index (χ2n) is 6.69. The number of anilines is 2. The summed E-state index contributed by atoms with van der Waals surface area (Å²) in [7, 11) is 0. The van der Waals surface area contributed by atoms with Crippen LogP contribution in [-0.2, 0) is 11.2 Å². The molecule has 2 aliphatic rings. The average molecular weight is 380 g/mol. The summed E-state index contributed by atoms with van der Waals surface area (Å²) < 4.78 is 5.45. The summed E-state index contributed by atoms with van der Waals surface area (Å²) >= 11 is 0. The lowest BCUT2D eigenvalue weighted by atomic mass is 10.1. The number of aliphatic imine (C=N–C) groups is 1. The molecule has 1 fully saturated rings. The molecule has 4 heterocycles. The van der Waals surface area contributed by atoms with E-state index in [0.29, 0.717) is 49.7 Å². The van der Waals surface area contributed by atoms with Crippen LogP contribution in [0.2, 0.25) is 0 Å². The standard InChI is InChI=1S/C19H24N8O/c20-16-4-3-15(13-23-16)17-24-18(22-7-5-14-2-1-6-21-12-14)26-19(25-17)27-8-10-28-11-9-27/h1-2,6,12-13H,3-5,7-11H2,(H2,20,23)(H,22,24,25,26). The van der Waals surface area contributed by atoms with Crippen LogP contribution < -0.4 is 16.0 Å². The van der Waals surface area contributed by atoms with Gasteiger partial charge in [-0.2, -0.15) is 15.0 Å². The van der Waals surface area contributed by atoms with E-state index in [0.717, 1.165) is 37.1 Å². The van der Waals surface area contributed by atoms with Gasteiger partial charge in [-0.15, -0.1) is 0 Å². The molecule has 2 aromatic heterocycles. The summed E-state index contributed by atoms with van der Waals surface area (Å²) in [5.41, 5.74) is 7.92. The minimum atomic E-state index is 0.568. The molecule has 0 aliphatic carbocycles. The van der Waals surface area contributed by atoms with Crippen molar-refractivity contribution < 1.29 is 4.74 Å². The number of hydrogen-bond acceptors (Lipinski definition) is 9. The Kier molecular flexibility index (Phi) is 5.72. The number of nitrogens with two attached hydrogens (primary N) is 1. The van der Waals surface area contributed by atoms with Gasteiger partial charge in [-0.3, -0.25) is 4.98 Å². The average Bonchev–Trinajstić information content (AvgIpc) is 2.75. The van der Waals surface area contributed by atoms with Gasteiger partial charge in [0.05, 0.1) is 19.0 Å². The topological polar surface area (TPSA) is 114 Å². The van der Waals surface area contributed by atoms with Crippen LogP contribution in [0, 0.1) is 0 Å². The molecular formula is C19H24N8O. The summed E-state index contributed by atoms with van der Waals surface area (Å²) in [5, 5.41) is 3.33. The minimum absolute atomic E-state index is 0.568. The molecule has 2 aromatic rings. The van der Waals surface area contributed by atoms with Gasteiger partial charge < -0.3 is 20.7 Å². The molecular weight excluding hydrogens is 356 g/mol. The number of ether oxygens (including phenoxy) is 1. The molecule has 0 aromatic carbocycles. The van der Waals surface area contributed by atoms with E-state index in [2.05, 4.69) is 36.2 Å². The number of allylic oxidation sites excluding steroid dienone is 1. The van der Waals surface area contributed by atoms with Crippen LogP contribution in [0.15, 0.2) is 35.7 Å². The summed E-state index contributed by atoms with van der Waals surface area (Å²) in [4.78, 5) is 24.5. The van der Waals surface area contributed by atoms with Crippen molar-refractivity contribution in [3.8, 4) is 0 Å². The summed E-state index contributed by atoms with van der Waals surface area (Å²) in [6.07, 6.45) is 7.74. The number of nitrogens with zero attached hydrogens (tertiary/aromatic N) is 6. The predicted octanol–water partition coefficient (Wildman–Crippen LogP) is 1.25. The van der Waals surface area contributed by atoms with Crippen molar-refractivity contribution in [2.75, 3.05) is 43.1 Å². The van der Waals surface area contributed by atoms with E-state index >= 15 is 0 Å². The molecule has 3 N–H and O–H groups in total. The second-order valence-corrected chi connectivity index (χ2v) is 6.69. The first-order valence-electron chi connectivity index (χ1n) is 9.51. The summed E-state index contributed by atoms with van der Waals surface area (Å²) in [6.45, 7) is 3.59. The monoisotopic (exact) mass is 380 g/mol. The molecule has 2 aliphatic heterocycles. The van der Waals surface area contributed by atoms with Gasteiger partial charge in [-0.05, 0) is 24.5 Å². The first-order valence-corrected chi connectivity index (χ1v) is 9.51. The number of pyridine rings is 1. The largest absolute Gasteiger partial charge is 0.387 e. The Hall–Kier alpha value is -3.07. The molecule has 0 spiro atoms. The van der Waals surface area contributed by atoms with Gasteiger partial charge in [0.15, 0.2) is 5.82 Å². The quantitative estimate of drug-likeness (QED) is 0.769. The first-order chi connectivity index (χ1) is 13.8. The van der Waals surface area contributed by atoms with Crippen LogP contribution in [0.1, 0.15) is 24.2 Å². The molecule has 0 saturated carbocycles. The second kappa shape index (κ2) is 8.75. The van der Waals surface area contributed by atoms with E-state index in [1.807, 2.05) is 12.3 Å². The fraction of sp³-hybridized carbons (Fsp3) is 0.421. The number of hydrogen-bond donors (Lipinski definition) is 2. The lowest BCUT2D eigenvalue weighted by Gasteiger charge is -2.27. The summed E-state index contributed by atoms with van der Waals surface area (Å²) in [6, 6.07) is 4.00. The normalized spacial score (nSPS) is 17.1. The van der Waals surface area contributed by atoms with Crippen LogP contribution in [0.25, 0.3) is 5.57 Å². The molecule has 28 heavy (non-hydrogen) atoms. The molecule has 0 atom stereocenters. The maximum atomic E-state index is 5.79. The number of nitrogens with one attached hydrogen (secondary N) is 1. The van der Waals surface area contributed by atoms with Crippen molar-refractivity contribution in [3.63, 3.8) is 0 Å². The van der Waals surface area contributed by atoms with Crippen LogP contribution in [0.4, 0.5) is 11.9 Å². The Morgan fingerprint density at radius 3 is 2.79 bits per heavy atom. The van der Waals surface area contributed by atoms with Crippen LogP contribution >= 0.6 is 0 Å². The third kappa shape index (κ3) is 4.61. The van der Waals surface area contributed by atoms with E-state index < -0.39 is 0 Å². The highest BCUT2D eigenvalue weighted by Crippen LogP contribution is 2.23. The van der Waals surface area contributed by atoms with Crippen LogP contribution in [0.5, 0.6) is 0 Å². The summed E-state index contributed by atoms with van der Waals surface area (Å²) in [5.74, 6) is 2.53. The van der Waals surface area contributed by atoms with Crippen LogP contribution in [-0.4, -0.2) is 58.6 Å². The maximum Gasteiger partial charge on any atom is 0.230 e. The zero-order chi connectivity index (χ0) is 19.2. The molecule has 146 valence electrons. The zero-order valence-corrected chi connectivity index (χ0v) is 15.7. The van der Waals surface area contributed by atoms with Gasteiger partial charge in [-0.1, -0.05) is 6.07 Å². The Balaban J connectivity index is 1.54. The van der Waals surface area contributed by atoms with Gasteiger partial charge in [0.25, 0.3) is 0 Å². The number of rotatable bonds is 6. The molecule has 0 unspecified atom stereocenters. The minimum Gasteiger partial charge on any atom is -0.387 e. The van der Waals surface area contributed by atoms with Gasteiger partial charge in [0, 0.05) is 50.2 Å². The number of aromatic nitrogens is 4. The van der Waals surface area contributed by atoms with Gasteiger partial charge in [0.1, 0.15) is 0 Å². The smallest absolute Gasteiger partial charge is 0.230 e. The highest BCUT2D eigenvalue weighted by Gasteiger charge is 2.19. The van der Waals surface area contributed by atoms with E-state index in [-0.39, 0.29) is 0 Å². The molecule has 0 radical (unpaired) electrons. The Morgan fingerprint density at radius 2 is 2.04 bits per heavy atom. The van der Waals surface area contributed by atoms with E-state index in [4.69, 9.17) is 15.5 Å². The van der Waals surface area contributed by atoms with Gasteiger partial charge in [-0.25, -0.2) is 4.99 Å². The third-order valence-corrected chi connectivity index (χ3v) is 4.66. The van der Waals surface area contributed by atoms with E-state index in [9.17, 15) is 0 Å². The molecule has 0 bridgehead atoms. The predicted molar refractivity (Wildman–Crippen MR) is 108 cm³/mol. The SMILES string of the molecule is NC1=NC=C(c2nc(NCCc3cccnc3)nc(N3CCOCC3)n2)CC1. The highest BCUT2D eigenvalue weighted by atomic mass is 16.5.